The standard InChI is InChI=1S/C8H12N2O4/c1-5(3-7(12)13)10-4-6(11)9(2)8(10)14/h5H,3-4H2,1-2H3,(H,12,13). The Hall–Kier alpha value is -1.59. The first-order valence-corrected chi connectivity index (χ1v) is 4.22. The lowest BCUT2D eigenvalue weighted by Gasteiger charge is -2.21. The van der Waals surface area contributed by atoms with E-state index in [4.69, 9.17) is 5.11 Å². The molecule has 0 spiro atoms. The van der Waals surface area contributed by atoms with Gasteiger partial charge in [-0.3, -0.25) is 14.5 Å². The predicted molar refractivity (Wildman–Crippen MR) is 46.6 cm³/mol. The first kappa shape index (κ1) is 10.5. The van der Waals surface area contributed by atoms with Gasteiger partial charge in [0.1, 0.15) is 6.54 Å². The van der Waals surface area contributed by atoms with Crippen LogP contribution in [0.3, 0.4) is 0 Å². The fourth-order valence-corrected chi connectivity index (χ4v) is 1.33. The molecule has 1 heterocycles. The van der Waals surface area contributed by atoms with E-state index in [1.54, 1.807) is 6.92 Å². The van der Waals surface area contributed by atoms with Gasteiger partial charge in [-0.1, -0.05) is 0 Å². The maximum Gasteiger partial charge on any atom is 0.327 e. The molecule has 6 heteroatoms. The normalized spacial score (nSPS) is 19.0. The smallest absolute Gasteiger partial charge is 0.327 e. The molecule has 1 unspecified atom stereocenters. The molecule has 1 aliphatic heterocycles. The third kappa shape index (κ3) is 1.84. The molecule has 0 aliphatic carbocycles. The van der Waals surface area contributed by atoms with E-state index in [9.17, 15) is 14.4 Å². The number of urea groups is 1. The molecule has 1 aliphatic rings. The lowest BCUT2D eigenvalue weighted by Crippen LogP contribution is -2.37. The second-order valence-electron chi connectivity index (χ2n) is 3.31. The number of likely N-dealkylation sites (N-methyl/N-ethyl adjacent to an activating group) is 1. The molecule has 0 saturated carbocycles. The van der Waals surface area contributed by atoms with Gasteiger partial charge in [0.25, 0.3) is 0 Å². The van der Waals surface area contributed by atoms with Crippen molar-refractivity contribution in [1.29, 1.82) is 0 Å². The summed E-state index contributed by atoms with van der Waals surface area (Å²) in [7, 11) is 1.39. The van der Waals surface area contributed by atoms with Crippen LogP contribution in [-0.2, 0) is 9.59 Å². The first-order valence-electron chi connectivity index (χ1n) is 4.22. The van der Waals surface area contributed by atoms with Gasteiger partial charge in [0.15, 0.2) is 0 Å². The summed E-state index contributed by atoms with van der Waals surface area (Å²) in [6.07, 6.45) is -0.146. The molecule has 78 valence electrons. The number of carboxylic acid groups (broad SMARTS) is 1. The Balaban J connectivity index is 2.66. The zero-order valence-corrected chi connectivity index (χ0v) is 8.06. The molecule has 1 atom stereocenters. The molecule has 1 fully saturated rings. The number of hydrogen-bond acceptors (Lipinski definition) is 3. The summed E-state index contributed by atoms with van der Waals surface area (Å²) >= 11 is 0. The van der Waals surface area contributed by atoms with Gasteiger partial charge in [-0.25, -0.2) is 4.79 Å². The average Bonchev–Trinajstić information content (AvgIpc) is 2.32. The van der Waals surface area contributed by atoms with Crippen LogP contribution in [0.25, 0.3) is 0 Å². The fourth-order valence-electron chi connectivity index (χ4n) is 1.33. The largest absolute Gasteiger partial charge is 0.481 e. The van der Waals surface area contributed by atoms with Gasteiger partial charge in [0.05, 0.1) is 6.42 Å². The summed E-state index contributed by atoms with van der Waals surface area (Å²) in [5, 5.41) is 8.53. The van der Waals surface area contributed by atoms with Crippen LogP contribution in [-0.4, -0.2) is 52.4 Å². The summed E-state index contributed by atoms with van der Waals surface area (Å²) in [4.78, 5) is 35.1. The van der Waals surface area contributed by atoms with Crippen LogP contribution in [0.1, 0.15) is 13.3 Å². The van der Waals surface area contributed by atoms with E-state index in [1.165, 1.54) is 11.9 Å². The molecular weight excluding hydrogens is 188 g/mol. The van der Waals surface area contributed by atoms with E-state index in [1.807, 2.05) is 0 Å². The van der Waals surface area contributed by atoms with Gasteiger partial charge in [0, 0.05) is 13.1 Å². The molecule has 1 saturated heterocycles. The Morgan fingerprint density at radius 1 is 1.57 bits per heavy atom. The highest BCUT2D eigenvalue weighted by molar-refractivity contribution is 6.01. The Labute approximate surface area is 81.1 Å². The zero-order valence-electron chi connectivity index (χ0n) is 8.06. The molecule has 6 nitrogen and oxygen atoms in total. The highest BCUT2D eigenvalue weighted by atomic mass is 16.4. The summed E-state index contributed by atoms with van der Waals surface area (Å²) in [6, 6.07) is -0.877. The average molecular weight is 200 g/mol. The van der Waals surface area contributed by atoms with Crippen molar-refractivity contribution in [2.24, 2.45) is 0 Å². The molecule has 3 amide bonds. The third-order valence-corrected chi connectivity index (χ3v) is 2.21. The van der Waals surface area contributed by atoms with Crippen LogP contribution in [0.4, 0.5) is 4.79 Å². The van der Waals surface area contributed by atoms with Crippen LogP contribution in [0.15, 0.2) is 0 Å². The molecule has 14 heavy (non-hydrogen) atoms. The summed E-state index contributed by atoms with van der Waals surface area (Å²) in [5.74, 6) is -1.28. The van der Waals surface area contributed by atoms with E-state index in [2.05, 4.69) is 0 Å². The van der Waals surface area contributed by atoms with Crippen LogP contribution >= 0.6 is 0 Å². The topological polar surface area (TPSA) is 77.9 Å². The molecular formula is C8H12N2O4. The number of carboxylic acids is 1. The molecule has 1 rings (SSSR count). The van der Waals surface area contributed by atoms with Crippen molar-refractivity contribution >= 4 is 17.9 Å². The van der Waals surface area contributed by atoms with Crippen molar-refractivity contribution in [3.63, 3.8) is 0 Å². The van der Waals surface area contributed by atoms with Crippen LogP contribution in [0.5, 0.6) is 0 Å². The van der Waals surface area contributed by atoms with Gasteiger partial charge >= 0.3 is 12.0 Å². The highest BCUT2D eigenvalue weighted by Gasteiger charge is 2.36. The Kier molecular flexibility index (Phi) is 2.73. The van der Waals surface area contributed by atoms with Crippen molar-refractivity contribution in [1.82, 2.24) is 9.80 Å². The number of hydrogen-bond donors (Lipinski definition) is 1. The third-order valence-electron chi connectivity index (χ3n) is 2.21. The predicted octanol–water partition coefficient (Wildman–Crippen LogP) is -0.256. The van der Waals surface area contributed by atoms with E-state index in [0.29, 0.717) is 0 Å². The second kappa shape index (κ2) is 3.65. The SMILES string of the molecule is CC(CC(=O)O)N1CC(=O)N(C)C1=O. The quantitative estimate of drug-likeness (QED) is 0.637. The first-order chi connectivity index (χ1) is 6.43. The van der Waals surface area contributed by atoms with Crippen LogP contribution in [0, 0.1) is 0 Å². The van der Waals surface area contributed by atoms with Crippen molar-refractivity contribution in [2.45, 2.75) is 19.4 Å². The number of rotatable bonds is 3. The lowest BCUT2D eigenvalue weighted by atomic mass is 10.2. The van der Waals surface area contributed by atoms with E-state index in [0.717, 1.165) is 4.90 Å². The van der Waals surface area contributed by atoms with Crippen LogP contribution in [0.2, 0.25) is 0 Å². The maximum absolute atomic E-state index is 11.4. The number of carbonyl (C=O) groups excluding carboxylic acids is 2. The minimum Gasteiger partial charge on any atom is -0.481 e. The van der Waals surface area contributed by atoms with E-state index >= 15 is 0 Å². The molecule has 0 radical (unpaired) electrons. The van der Waals surface area contributed by atoms with E-state index in [-0.39, 0.29) is 18.9 Å². The number of amides is 3. The Bertz CT molecular complexity index is 289. The van der Waals surface area contributed by atoms with Gasteiger partial charge in [0.2, 0.25) is 5.91 Å². The molecule has 0 aromatic heterocycles. The summed E-state index contributed by atoms with van der Waals surface area (Å²) in [5.41, 5.74) is 0. The van der Waals surface area contributed by atoms with E-state index < -0.39 is 18.0 Å². The van der Waals surface area contributed by atoms with Crippen molar-refractivity contribution < 1.29 is 19.5 Å². The number of nitrogens with zero attached hydrogens (tertiary/aromatic N) is 2. The fraction of sp³-hybridized carbons (Fsp3) is 0.625. The van der Waals surface area contributed by atoms with Crippen molar-refractivity contribution in [3.05, 3.63) is 0 Å². The summed E-state index contributed by atoms with van der Waals surface area (Å²) in [6.45, 7) is 1.59. The van der Waals surface area contributed by atoms with Gasteiger partial charge in [-0.05, 0) is 6.92 Å². The van der Waals surface area contributed by atoms with Gasteiger partial charge in [-0.15, -0.1) is 0 Å². The number of carbonyl (C=O) groups is 3. The molecule has 0 aromatic rings. The minimum atomic E-state index is -0.979. The van der Waals surface area contributed by atoms with Gasteiger partial charge in [-0.2, -0.15) is 0 Å². The van der Waals surface area contributed by atoms with Crippen molar-refractivity contribution in [2.75, 3.05) is 13.6 Å². The Morgan fingerprint density at radius 2 is 2.14 bits per heavy atom. The van der Waals surface area contributed by atoms with Crippen molar-refractivity contribution in [3.8, 4) is 0 Å². The van der Waals surface area contributed by atoms with Gasteiger partial charge < -0.3 is 10.0 Å². The minimum absolute atomic E-state index is 0.0240. The summed E-state index contributed by atoms with van der Waals surface area (Å²) < 4.78 is 0. The molecule has 0 aromatic carbocycles. The second-order valence-corrected chi connectivity index (χ2v) is 3.31. The Morgan fingerprint density at radius 3 is 2.50 bits per heavy atom. The monoisotopic (exact) mass is 200 g/mol. The molecule has 1 N–H and O–H groups in total. The van der Waals surface area contributed by atoms with Crippen LogP contribution < -0.4 is 0 Å². The maximum atomic E-state index is 11.4. The number of imide groups is 1. The zero-order chi connectivity index (χ0) is 10.9. The molecule has 0 bridgehead atoms. The lowest BCUT2D eigenvalue weighted by molar-refractivity contribution is -0.138. The number of aliphatic carboxylic acids is 1. The highest BCUT2D eigenvalue weighted by Crippen LogP contribution is 2.13.